The number of hydrogen-bond acceptors (Lipinski definition) is 7. The van der Waals surface area contributed by atoms with Gasteiger partial charge in [0.2, 0.25) is 0 Å². The van der Waals surface area contributed by atoms with Crippen LogP contribution in [0.4, 0.5) is 0 Å². The van der Waals surface area contributed by atoms with E-state index in [0.717, 1.165) is 34.5 Å². The Balaban J connectivity index is 1.87. The van der Waals surface area contributed by atoms with Gasteiger partial charge >= 0.3 is 5.97 Å². The van der Waals surface area contributed by atoms with E-state index in [1.54, 1.807) is 24.3 Å². The highest BCUT2D eigenvalue weighted by Crippen LogP contribution is 2.30. The van der Waals surface area contributed by atoms with E-state index in [4.69, 9.17) is 4.74 Å². The average molecular weight is 473 g/mol. The molecule has 0 aliphatic rings. The quantitative estimate of drug-likeness (QED) is 0.192. The summed E-state index contributed by atoms with van der Waals surface area (Å²) in [6.45, 7) is 1.77. The van der Waals surface area contributed by atoms with Crippen LogP contribution in [-0.4, -0.2) is 43.5 Å². The number of carbonyl (C=O) groups excluding carboxylic acids is 1. The van der Waals surface area contributed by atoms with Crippen molar-refractivity contribution in [2.24, 2.45) is 0 Å². The van der Waals surface area contributed by atoms with Crippen molar-refractivity contribution in [1.29, 1.82) is 0 Å². The number of para-hydroxylation sites is 1. The highest BCUT2D eigenvalue weighted by Gasteiger charge is 2.18. The van der Waals surface area contributed by atoms with Crippen LogP contribution in [-0.2, 0) is 30.6 Å². The third kappa shape index (κ3) is 6.19. The van der Waals surface area contributed by atoms with Gasteiger partial charge in [0.05, 0.1) is 30.2 Å². The van der Waals surface area contributed by atoms with Gasteiger partial charge in [-0.05, 0) is 48.4 Å². The van der Waals surface area contributed by atoms with Gasteiger partial charge in [0.25, 0.3) is 5.09 Å². The number of hydrogen-bond donors (Lipinski definition) is 0. The van der Waals surface area contributed by atoms with E-state index in [-0.39, 0.29) is 31.0 Å². The number of sulfone groups is 1. The number of carbonyl (C=O) groups is 1. The summed E-state index contributed by atoms with van der Waals surface area (Å²) in [6.07, 6.45) is 1.40. The van der Waals surface area contributed by atoms with Crippen molar-refractivity contribution in [2.75, 3.05) is 19.5 Å². The molecule has 0 saturated heterocycles. The molecule has 0 unspecified atom stereocenters. The minimum absolute atomic E-state index is 0.0188. The van der Waals surface area contributed by atoms with Crippen LogP contribution < -0.4 is 0 Å². The van der Waals surface area contributed by atoms with Crippen LogP contribution in [0, 0.1) is 17.0 Å². The zero-order valence-electron chi connectivity index (χ0n) is 18.3. The van der Waals surface area contributed by atoms with Gasteiger partial charge in [-0.2, -0.15) is 0 Å². The standard InChI is InChI=1S/C23H24N2O7S/c1-17-19(16-23(26)31-13-6-14-32-25(27)28)15-22(24(17)20-7-4-3-5-8-20)18-9-11-21(12-10-18)33(2,29)30/h3-5,7-12,15H,6,13-14,16H2,1-2H3. The van der Waals surface area contributed by atoms with E-state index in [2.05, 4.69) is 4.84 Å². The molecule has 0 aliphatic heterocycles. The molecular formula is C23H24N2O7S. The summed E-state index contributed by atoms with van der Waals surface area (Å²) in [7, 11) is -3.32. The lowest BCUT2D eigenvalue weighted by Crippen LogP contribution is -2.12. The van der Waals surface area contributed by atoms with Gasteiger partial charge < -0.3 is 14.1 Å². The minimum Gasteiger partial charge on any atom is -0.465 e. The van der Waals surface area contributed by atoms with Crippen molar-refractivity contribution in [2.45, 2.75) is 24.7 Å². The fourth-order valence-corrected chi connectivity index (χ4v) is 4.05. The summed E-state index contributed by atoms with van der Waals surface area (Å²) in [6, 6.07) is 18.1. The maximum atomic E-state index is 12.3. The molecule has 2 aromatic carbocycles. The maximum absolute atomic E-state index is 12.3. The normalized spacial score (nSPS) is 11.2. The monoisotopic (exact) mass is 472 g/mol. The van der Waals surface area contributed by atoms with Crippen LogP contribution in [0.3, 0.4) is 0 Å². The first kappa shape index (κ1) is 24.0. The smallest absolute Gasteiger partial charge is 0.310 e. The molecule has 0 amide bonds. The lowest BCUT2D eigenvalue weighted by atomic mass is 10.1. The average Bonchev–Trinajstić information content (AvgIpc) is 3.09. The van der Waals surface area contributed by atoms with E-state index >= 15 is 0 Å². The van der Waals surface area contributed by atoms with E-state index in [0.29, 0.717) is 0 Å². The van der Waals surface area contributed by atoms with E-state index in [1.807, 2.05) is 47.9 Å². The summed E-state index contributed by atoms with van der Waals surface area (Å²) in [5, 5.41) is 9.27. The van der Waals surface area contributed by atoms with Gasteiger partial charge in [0.1, 0.15) is 0 Å². The van der Waals surface area contributed by atoms with Gasteiger partial charge in [0.15, 0.2) is 9.84 Å². The largest absolute Gasteiger partial charge is 0.465 e. The SMILES string of the molecule is Cc1c(CC(=O)OCCCO[N+](=O)[O-])cc(-c2ccc(S(C)(=O)=O)cc2)n1-c1ccccc1. The molecule has 0 radical (unpaired) electrons. The summed E-state index contributed by atoms with van der Waals surface area (Å²) in [4.78, 5) is 26.9. The number of ether oxygens (including phenoxy) is 1. The first-order chi connectivity index (χ1) is 15.7. The minimum atomic E-state index is -3.32. The molecule has 1 heterocycles. The second-order valence-electron chi connectivity index (χ2n) is 7.42. The van der Waals surface area contributed by atoms with Crippen LogP contribution in [0.2, 0.25) is 0 Å². The molecule has 33 heavy (non-hydrogen) atoms. The van der Waals surface area contributed by atoms with Crippen molar-refractivity contribution < 1.29 is 27.9 Å². The second kappa shape index (κ2) is 10.3. The molecule has 0 atom stereocenters. The molecule has 9 nitrogen and oxygen atoms in total. The van der Waals surface area contributed by atoms with E-state index < -0.39 is 20.9 Å². The summed E-state index contributed by atoms with van der Waals surface area (Å²) < 4.78 is 30.8. The van der Waals surface area contributed by atoms with Gasteiger partial charge in [-0.15, -0.1) is 10.1 Å². The molecule has 174 valence electrons. The molecule has 0 fully saturated rings. The van der Waals surface area contributed by atoms with Gasteiger partial charge in [0, 0.05) is 24.1 Å². The van der Waals surface area contributed by atoms with Gasteiger partial charge in [-0.3, -0.25) is 4.79 Å². The van der Waals surface area contributed by atoms with E-state index in [1.165, 1.54) is 0 Å². The number of rotatable bonds is 10. The van der Waals surface area contributed by atoms with Crippen molar-refractivity contribution >= 4 is 15.8 Å². The Morgan fingerprint density at radius 1 is 1.06 bits per heavy atom. The maximum Gasteiger partial charge on any atom is 0.310 e. The van der Waals surface area contributed by atoms with Crippen LogP contribution >= 0.6 is 0 Å². The van der Waals surface area contributed by atoms with Gasteiger partial charge in [-0.25, -0.2) is 8.42 Å². The Kier molecular flexibility index (Phi) is 7.49. The van der Waals surface area contributed by atoms with E-state index in [9.17, 15) is 23.3 Å². The molecule has 0 saturated carbocycles. The Bertz CT molecular complexity index is 1230. The van der Waals surface area contributed by atoms with Crippen molar-refractivity contribution in [1.82, 2.24) is 4.57 Å². The third-order valence-electron chi connectivity index (χ3n) is 5.03. The van der Waals surface area contributed by atoms with Crippen LogP contribution in [0.1, 0.15) is 17.7 Å². The number of esters is 1. The molecule has 0 aliphatic carbocycles. The first-order valence-electron chi connectivity index (χ1n) is 10.2. The highest BCUT2D eigenvalue weighted by atomic mass is 32.2. The fraction of sp³-hybridized carbons (Fsp3) is 0.261. The molecule has 0 bridgehead atoms. The Hall–Kier alpha value is -3.66. The topological polar surface area (TPSA) is 118 Å². The van der Waals surface area contributed by atoms with Crippen LogP contribution in [0.15, 0.2) is 65.6 Å². The fourth-order valence-electron chi connectivity index (χ4n) is 3.42. The first-order valence-corrected chi connectivity index (χ1v) is 12.1. The summed E-state index contributed by atoms with van der Waals surface area (Å²) >= 11 is 0. The molecule has 3 rings (SSSR count). The number of aromatic nitrogens is 1. The molecule has 3 aromatic rings. The predicted octanol–water partition coefficient (Wildman–Crippen LogP) is 3.54. The summed E-state index contributed by atoms with van der Waals surface area (Å²) in [5.74, 6) is -0.455. The zero-order chi connectivity index (χ0) is 24.0. The lowest BCUT2D eigenvalue weighted by molar-refractivity contribution is -0.757. The molecular weight excluding hydrogens is 448 g/mol. The lowest BCUT2D eigenvalue weighted by Gasteiger charge is -2.13. The highest BCUT2D eigenvalue weighted by molar-refractivity contribution is 7.90. The molecule has 0 spiro atoms. The Morgan fingerprint density at radius 2 is 1.73 bits per heavy atom. The van der Waals surface area contributed by atoms with Crippen LogP contribution in [0.25, 0.3) is 16.9 Å². The predicted molar refractivity (Wildman–Crippen MR) is 121 cm³/mol. The second-order valence-corrected chi connectivity index (χ2v) is 9.43. The van der Waals surface area contributed by atoms with Crippen molar-refractivity contribution in [3.05, 3.63) is 82.0 Å². The number of benzene rings is 2. The number of nitrogens with zero attached hydrogens (tertiary/aromatic N) is 2. The Morgan fingerprint density at radius 3 is 2.33 bits per heavy atom. The molecule has 10 heteroatoms. The molecule has 0 N–H and O–H groups in total. The molecule has 1 aromatic heterocycles. The third-order valence-corrected chi connectivity index (χ3v) is 6.16. The Labute approximate surface area is 191 Å². The van der Waals surface area contributed by atoms with Crippen LogP contribution in [0.5, 0.6) is 0 Å². The summed E-state index contributed by atoms with van der Waals surface area (Å²) in [5.41, 5.74) is 4.10. The van der Waals surface area contributed by atoms with Crippen molar-refractivity contribution in [3.8, 4) is 16.9 Å². The van der Waals surface area contributed by atoms with Gasteiger partial charge in [-0.1, -0.05) is 30.3 Å². The van der Waals surface area contributed by atoms with Crippen molar-refractivity contribution in [3.63, 3.8) is 0 Å². The zero-order valence-corrected chi connectivity index (χ0v) is 19.1.